The number of carboxylic acid groups (broad SMARTS) is 1. The summed E-state index contributed by atoms with van der Waals surface area (Å²) in [5, 5.41) is 9.51. The Labute approximate surface area is 111 Å². The normalized spacial score (nSPS) is 17.9. The smallest absolute Gasteiger partial charge is 0.310 e. The molecule has 1 heterocycles. The largest absolute Gasteiger partial charge is 0.481 e. The molecule has 4 nitrogen and oxygen atoms in total. The van der Waals surface area contributed by atoms with Crippen LogP contribution < -0.4 is 0 Å². The van der Waals surface area contributed by atoms with Crippen molar-refractivity contribution in [2.75, 3.05) is 0 Å². The summed E-state index contributed by atoms with van der Waals surface area (Å²) in [4.78, 5) is 19.4. The van der Waals surface area contributed by atoms with Gasteiger partial charge in [-0.05, 0) is 31.4 Å². The van der Waals surface area contributed by atoms with Gasteiger partial charge in [-0.15, -0.1) is 0 Å². The van der Waals surface area contributed by atoms with Crippen molar-refractivity contribution < 1.29 is 9.90 Å². The van der Waals surface area contributed by atoms with Gasteiger partial charge in [0, 0.05) is 6.42 Å². The monoisotopic (exact) mass is 258 g/mol. The minimum absolute atomic E-state index is 0.510. The summed E-state index contributed by atoms with van der Waals surface area (Å²) in [7, 11) is 0. The molecule has 4 heteroatoms. The van der Waals surface area contributed by atoms with Crippen molar-refractivity contribution in [1.29, 1.82) is 0 Å². The van der Waals surface area contributed by atoms with E-state index in [-0.39, 0.29) is 0 Å². The van der Waals surface area contributed by atoms with E-state index in [4.69, 9.17) is 0 Å². The lowest BCUT2D eigenvalue weighted by molar-refractivity contribution is -0.148. The number of aromatic nitrogens is 2. The van der Waals surface area contributed by atoms with Gasteiger partial charge in [0.2, 0.25) is 0 Å². The predicted octanol–water partition coefficient (Wildman–Crippen LogP) is 3.06. The van der Waals surface area contributed by atoms with E-state index in [2.05, 4.69) is 9.97 Å². The second-order valence-corrected chi connectivity index (χ2v) is 5.62. The second kappa shape index (κ2) is 4.37. The van der Waals surface area contributed by atoms with Crippen molar-refractivity contribution in [2.45, 2.75) is 39.0 Å². The van der Waals surface area contributed by atoms with E-state index in [1.165, 1.54) is 0 Å². The number of fused-ring (bicyclic) bond motifs is 1. The molecule has 1 fully saturated rings. The Morgan fingerprint density at radius 1 is 1.42 bits per heavy atom. The topological polar surface area (TPSA) is 66.0 Å². The summed E-state index contributed by atoms with van der Waals surface area (Å²) < 4.78 is 0. The minimum atomic E-state index is -0.679. The second-order valence-electron chi connectivity index (χ2n) is 5.62. The van der Waals surface area contributed by atoms with E-state index in [1.54, 1.807) is 0 Å². The SMILES string of the molecule is Cc1cccc2[nH]c(CC3(C(=O)O)CCCC3)nc12. The summed E-state index contributed by atoms with van der Waals surface area (Å²) in [6.07, 6.45) is 4.05. The highest BCUT2D eigenvalue weighted by Gasteiger charge is 2.42. The van der Waals surface area contributed by atoms with Crippen molar-refractivity contribution in [3.05, 3.63) is 29.6 Å². The molecular weight excluding hydrogens is 240 g/mol. The Morgan fingerprint density at radius 2 is 2.16 bits per heavy atom. The van der Waals surface area contributed by atoms with E-state index in [9.17, 15) is 9.90 Å². The number of nitrogens with zero attached hydrogens (tertiary/aromatic N) is 1. The molecule has 1 aromatic heterocycles. The van der Waals surface area contributed by atoms with Crippen LogP contribution in [0.4, 0.5) is 0 Å². The number of aromatic amines is 1. The van der Waals surface area contributed by atoms with Crippen molar-refractivity contribution in [3.8, 4) is 0 Å². The summed E-state index contributed by atoms with van der Waals surface area (Å²) in [6.45, 7) is 2.02. The van der Waals surface area contributed by atoms with E-state index in [0.717, 1.165) is 48.1 Å². The standard InChI is InChI=1S/C15H18N2O2/c1-10-5-4-6-11-13(10)17-12(16-11)9-15(14(18)19)7-2-3-8-15/h4-6H,2-3,7-9H2,1H3,(H,16,17)(H,18,19). The highest BCUT2D eigenvalue weighted by Crippen LogP contribution is 2.41. The van der Waals surface area contributed by atoms with E-state index in [0.29, 0.717) is 6.42 Å². The Hall–Kier alpha value is -1.84. The third-order valence-electron chi connectivity index (χ3n) is 4.28. The number of hydrogen-bond donors (Lipinski definition) is 2. The molecule has 2 N–H and O–H groups in total. The number of rotatable bonds is 3. The number of aliphatic carboxylic acids is 1. The van der Waals surface area contributed by atoms with Gasteiger partial charge in [-0.3, -0.25) is 4.79 Å². The highest BCUT2D eigenvalue weighted by atomic mass is 16.4. The fourth-order valence-electron chi connectivity index (χ4n) is 3.15. The van der Waals surface area contributed by atoms with Gasteiger partial charge in [0.25, 0.3) is 0 Å². The van der Waals surface area contributed by atoms with Crippen LogP contribution in [-0.2, 0) is 11.2 Å². The van der Waals surface area contributed by atoms with Gasteiger partial charge in [-0.1, -0.05) is 25.0 Å². The number of benzene rings is 1. The first kappa shape index (κ1) is 12.2. The van der Waals surface area contributed by atoms with Crippen LogP contribution in [0.25, 0.3) is 11.0 Å². The molecule has 100 valence electrons. The van der Waals surface area contributed by atoms with E-state index >= 15 is 0 Å². The number of hydrogen-bond acceptors (Lipinski definition) is 2. The lowest BCUT2D eigenvalue weighted by atomic mass is 9.82. The van der Waals surface area contributed by atoms with Crippen LogP contribution in [-0.4, -0.2) is 21.0 Å². The van der Waals surface area contributed by atoms with Crippen molar-refractivity contribution >= 4 is 17.0 Å². The summed E-state index contributed by atoms with van der Waals surface area (Å²) >= 11 is 0. The molecule has 0 saturated heterocycles. The van der Waals surface area contributed by atoms with Gasteiger partial charge in [0.1, 0.15) is 5.82 Å². The first-order valence-electron chi connectivity index (χ1n) is 6.78. The Bertz CT molecular complexity index is 624. The third-order valence-corrected chi connectivity index (χ3v) is 4.28. The zero-order valence-electron chi connectivity index (χ0n) is 11.1. The van der Waals surface area contributed by atoms with Gasteiger partial charge < -0.3 is 10.1 Å². The van der Waals surface area contributed by atoms with Gasteiger partial charge in [-0.2, -0.15) is 0 Å². The van der Waals surface area contributed by atoms with Gasteiger partial charge >= 0.3 is 5.97 Å². The van der Waals surface area contributed by atoms with Crippen molar-refractivity contribution in [3.63, 3.8) is 0 Å². The zero-order valence-corrected chi connectivity index (χ0v) is 11.1. The van der Waals surface area contributed by atoms with Crippen LogP contribution in [0.3, 0.4) is 0 Å². The maximum atomic E-state index is 11.6. The fraction of sp³-hybridized carbons (Fsp3) is 0.467. The molecule has 0 spiro atoms. The number of nitrogens with one attached hydrogen (secondary N) is 1. The first-order valence-corrected chi connectivity index (χ1v) is 6.78. The number of carboxylic acids is 1. The molecule has 0 radical (unpaired) electrons. The molecule has 1 aromatic carbocycles. The molecule has 0 atom stereocenters. The maximum absolute atomic E-state index is 11.6. The molecule has 0 unspecified atom stereocenters. The molecule has 1 aliphatic carbocycles. The lowest BCUT2D eigenvalue weighted by Crippen LogP contribution is -2.30. The van der Waals surface area contributed by atoms with E-state index in [1.807, 2.05) is 25.1 Å². The van der Waals surface area contributed by atoms with Crippen LogP contribution in [0.15, 0.2) is 18.2 Å². The molecule has 0 amide bonds. The average Bonchev–Trinajstić information content (AvgIpc) is 2.97. The predicted molar refractivity (Wildman–Crippen MR) is 73.1 cm³/mol. The minimum Gasteiger partial charge on any atom is -0.481 e. The molecule has 1 aliphatic rings. The Kier molecular flexibility index (Phi) is 2.81. The summed E-state index contributed by atoms with van der Waals surface area (Å²) in [6, 6.07) is 6.00. The number of para-hydroxylation sites is 1. The number of carbonyl (C=O) groups is 1. The van der Waals surface area contributed by atoms with Crippen molar-refractivity contribution in [2.24, 2.45) is 5.41 Å². The van der Waals surface area contributed by atoms with Gasteiger partial charge in [-0.25, -0.2) is 4.98 Å². The number of H-pyrrole nitrogens is 1. The fourth-order valence-corrected chi connectivity index (χ4v) is 3.15. The van der Waals surface area contributed by atoms with Crippen LogP contribution in [0.2, 0.25) is 0 Å². The highest BCUT2D eigenvalue weighted by molar-refractivity contribution is 5.79. The quantitative estimate of drug-likeness (QED) is 0.889. The van der Waals surface area contributed by atoms with Crippen LogP contribution in [0, 0.1) is 12.3 Å². The van der Waals surface area contributed by atoms with Crippen LogP contribution in [0.5, 0.6) is 0 Å². The Balaban J connectivity index is 1.96. The molecular formula is C15H18N2O2. The molecule has 0 aliphatic heterocycles. The molecule has 19 heavy (non-hydrogen) atoms. The molecule has 2 aromatic rings. The van der Waals surface area contributed by atoms with Gasteiger partial charge in [0.15, 0.2) is 0 Å². The summed E-state index contributed by atoms with van der Waals surface area (Å²) in [5.41, 5.74) is 2.46. The average molecular weight is 258 g/mol. The van der Waals surface area contributed by atoms with E-state index < -0.39 is 11.4 Å². The van der Waals surface area contributed by atoms with Gasteiger partial charge in [0.05, 0.1) is 16.4 Å². The lowest BCUT2D eigenvalue weighted by Gasteiger charge is -2.22. The maximum Gasteiger partial charge on any atom is 0.310 e. The molecule has 1 saturated carbocycles. The Morgan fingerprint density at radius 3 is 2.79 bits per heavy atom. The first-order chi connectivity index (χ1) is 9.11. The molecule has 3 rings (SSSR count). The van der Waals surface area contributed by atoms with Crippen LogP contribution >= 0.6 is 0 Å². The molecule has 0 bridgehead atoms. The van der Waals surface area contributed by atoms with Crippen molar-refractivity contribution in [1.82, 2.24) is 9.97 Å². The third kappa shape index (κ3) is 2.01. The number of imidazole rings is 1. The number of aryl methyl sites for hydroxylation is 1. The van der Waals surface area contributed by atoms with Crippen LogP contribution in [0.1, 0.15) is 37.1 Å². The summed E-state index contributed by atoms with van der Waals surface area (Å²) in [5.74, 6) is 0.121. The zero-order chi connectivity index (χ0) is 13.5.